The average Bonchev–Trinajstić information content (AvgIpc) is 3.06. The minimum Gasteiger partial charge on any atom is -0.493 e. The number of methoxy groups -OCH3 is 1. The highest BCUT2D eigenvalue weighted by Gasteiger charge is 2.27. The molecular weight excluding hydrogens is 615 g/mol. The SMILES string of the molecule is COc1cc2ncnc(Nc3ccc(F)c(Cl)c3)c2cc1OCCCN1CCN(Cc2ccncc2N2CCC(=O)NC2=O)CC1. The molecule has 14 heteroatoms. The van der Waals surface area contributed by atoms with Gasteiger partial charge in [-0.2, -0.15) is 0 Å². The Morgan fingerprint density at radius 1 is 1.02 bits per heavy atom. The molecular formula is C32H34ClFN8O4. The Labute approximate surface area is 270 Å². The summed E-state index contributed by atoms with van der Waals surface area (Å²) in [5.74, 6) is 0.932. The second-order valence-corrected chi connectivity index (χ2v) is 11.5. The molecule has 0 bridgehead atoms. The van der Waals surface area contributed by atoms with Crippen LogP contribution in [0, 0.1) is 5.82 Å². The summed E-state index contributed by atoms with van der Waals surface area (Å²) in [4.78, 5) is 43.3. The fourth-order valence-electron chi connectivity index (χ4n) is 5.61. The highest BCUT2D eigenvalue weighted by atomic mass is 35.5. The number of pyridine rings is 1. The molecule has 6 rings (SSSR count). The molecule has 12 nitrogen and oxygen atoms in total. The van der Waals surface area contributed by atoms with Crippen LogP contribution in [-0.4, -0.2) is 89.7 Å². The van der Waals surface area contributed by atoms with E-state index < -0.39 is 11.8 Å². The van der Waals surface area contributed by atoms with E-state index in [1.807, 2.05) is 12.1 Å². The number of carbonyl (C=O) groups excluding carboxylic acids is 2. The fraction of sp³-hybridized carbons (Fsp3) is 0.344. The summed E-state index contributed by atoms with van der Waals surface area (Å²) in [5.41, 5.74) is 3.01. The highest BCUT2D eigenvalue weighted by Crippen LogP contribution is 2.35. The van der Waals surface area contributed by atoms with Crippen molar-refractivity contribution in [3.63, 3.8) is 0 Å². The molecule has 0 saturated carbocycles. The van der Waals surface area contributed by atoms with Crippen molar-refractivity contribution in [2.45, 2.75) is 19.4 Å². The maximum Gasteiger partial charge on any atom is 0.328 e. The maximum absolute atomic E-state index is 13.6. The lowest BCUT2D eigenvalue weighted by Gasteiger charge is -2.35. The number of piperazine rings is 1. The lowest BCUT2D eigenvalue weighted by molar-refractivity contribution is -0.120. The summed E-state index contributed by atoms with van der Waals surface area (Å²) in [6.07, 6.45) is 5.97. The maximum atomic E-state index is 13.6. The molecule has 4 heterocycles. The van der Waals surface area contributed by atoms with Crippen molar-refractivity contribution in [1.29, 1.82) is 0 Å². The molecule has 3 amide bonds. The molecule has 0 radical (unpaired) electrons. The van der Waals surface area contributed by atoms with Crippen molar-refractivity contribution in [3.05, 3.63) is 71.5 Å². The Bertz CT molecular complexity index is 1740. The van der Waals surface area contributed by atoms with Gasteiger partial charge in [-0.15, -0.1) is 0 Å². The molecule has 2 N–H and O–H groups in total. The van der Waals surface area contributed by atoms with Crippen molar-refractivity contribution in [3.8, 4) is 11.5 Å². The number of carbonyl (C=O) groups is 2. The Balaban J connectivity index is 1.01. The first kappa shape index (κ1) is 31.4. The highest BCUT2D eigenvalue weighted by molar-refractivity contribution is 6.31. The molecule has 2 fully saturated rings. The fourth-order valence-corrected chi connectivity index (χ4v) is 5.79. The van der Waals surface area contributed by atoms with E-state index in [0.29, 0.717) is 48.2 Å². The van der Waals surface area contributed by atoms with Crippen LogP contribution in [-0.2, 0) is 11.3 Å². The third-order valence-corrected chi connectivity index (χ3v) is 8.36. The van der Waals surface area contributed by atoms with E-state index in [2.05, 4.69) is 35.4 Å². The quantitative estimate of drug-likeness (QED) is 0.223. The number of nitrogens with one attached hydrogen (secondary N) is 2. The number of nitrogens with zero attached hydrogens (tertiary/aromatic N) is 6. The topological polar surface area (TPSA) is 125 Å². The summed E-state index contributed by atoms with van der Waals surface area (Å²) >= 11 is 5.96. The minimum absolute atomic E-state index is 0.0151. The smallest absolute Gasteiger partial charge is 0.328 e. The van der Waals surface area contributed by atoms with Gasteiger partial charge in [-0.25, -0.2) is 19.2 Å². The van der Waals surface area contributed by atoms with Crippen molar-refractivity contribution >= 4 is 51.6 Å². The molecule has 2 aromatic carbocycles. The number of aromatic nitrogens is 3. The van der Waals surface area contributed by atoms with Gasteiger partial charge in [-0.3, -0.25) is 24.9 Å². The lowest BCUT2D eigenvalue weighted by atomic mass is 10.1. The van der Waals surface area contributed by atoms with Crippen LogP contribution in [0.4, 0.5) is 26.4 Å². The monoisotopic (exact) mass is 648 g/mol. The van der Waals surface area contributed by atoms with Gasteiger partial charge in [0.1, 0.15) is 18.0 Å². The lowest BCUT2D eigenvalue weighted by Crippen LogP contribution is -2.50. The van der Waals surface area contributed by atoms with Gasteiger partial charge >= 0.3 is 6.03 Å². The molecule has 2 saturated heterocycles. The minimum atomic E-state index is -0.494. The number of urea groups is 1. The van der Waals surface area contributed by atoms with Gasteiger partial charge in [0, 0.05) is 75.6 Å². The molecule has 0 atom stereocenters. The van der Waals surface area contributed by atoms with E-state index in [1.54, 1.807) is 36.5 Å². The van der Waals surface area contributed by atoms with Gasteiger partial charge in [0.25, 0.3) is 0 Å². The van der Waals surface area contributed by atoms with Crippen LogP contribution in [0.25, 0.3) is 10.9 Å². The molecule has 240 valence electrons. The second-order valence-electron chi connectivity index (χ2n) is 11.1. The van der Waals surface area contributed by atoms with E-state index in [4.69, 9.17) is 21.1 Å². The first-order valence-electron chi connectivity index (χ1n) is 15.0. The average molecular weight is 649 g/mol. The van der Waals surface area contributed by atoms with Crippen molar-refractivity contribution in [2.75, 3.05) is 63.2 Å². The number of halogens is 2. The first-order valence-corrected chi connectivity index (χ1v) is 15.4. The van der Waals surface area contributed by atoms with E-state index in [9.17, 15) is 14.0 Å². The zero-order valence-electron chi connectivity index (χ0n) is 25.3. The molecule has 0 aliphatic carbocycles. The zero-order chi connectivity index (χ0) is 32.0. The number of hydrogen-bond donors (Lipinski definition) is 2. The number of ether oxygens (including phenoxy) is 2. The Hall–Kier alpha value is -4.59. The Morgan fingerprint density at radius 3 is 2.63 bits per heavy atom. The van der Waals surface area contributed by atoms with Crippen LogP contribution in [0.5, 0.6) is 11.5 Å². The van der Waals surface area contributed by atoms with Gasteiger partial charge in [0.05, 0.1) is 36.1 Å². The number of anilines is 3. The van der Waals surface area contributed by atoms with Gasteiger partial charge in [-0.1, -0.05) is 11.6 Å². The van der Waals surface area contributed by atoms with Gasteiger partial charge in [0.2, 0.25) is 5.91 Å². The van der Waals surface area contributed by atoms with Crippen LogP contribution in [0.3, 0.4) is 0 Å². The standard InChI is InChI=1S/C32H34ClFN8O4/c1-45-28-17-26-23(31(37-20-36-26)38-22-3-4-25(34)24(33)15-22)16-29(28)46-14-2-8-40-10-12-41(13-11-40)19-21-5-7-35-18-27(21)42-9-6-30(43)39-32(42)44/h3-5,7,15-18,20H,2,6,8-14,19H2,1H3,(H,36,37,38)(H,39,43,44). The van der Waals surface area contributed by atoms with Gasteiger partial charge < -0.3 is 19.7 Å². The second kappa shape index (κ2) is 14.2. The summed E-state index contributed by atoms with van der Waals surface area (Å²) < 4.78 is 25.4. The van der Waals surface area contributed by atoms with Crippen molar-refractivity contribution in [2.24, 2.45) is 0 Å². The van der Waals surface area contributed by atoms with Crippen molar-refractivity contribution < 1.29 is 23.5 Å². The predicted octanol–water partition coefficient (Wildman–Crippen LogP) is 4.60. The van der Waals surface area contributed by atoms with Gasteiger partial charge in [0.15, 0.2) is 11.5 Å². The van der Waals surface area contributed by atoms with Crippen molar-refractivity contribution in [1.82, 2.24) is 30.1 Å². The number of rotatable bonds is 11. The summed E-state index contributed by atoms with van der Waals surface area (Å²) in [6.45, 7) is 6.03. The number of fused-ring (bicyclic) bond motifs is 1. The normalized spacial score (nSPS) is 16.0. The van der Waals surface area contributed by atoms with Crippen LogP contribution in [0.2, 0.25) is 5.02 Å². The zero-order valence-corrected chi connectivity index (χ0v) is 26.1. The molecule has 2 aliphatic rings. The largest absolute Gasteiger partial charge is 0.493 e. The number of hydrogen-bond acceptors (Lipinski definition) is 10. The molecule has 0 spiro atoms. The summed E-state index contributed by atoms with van der Waals surface area (Å²) in [6, 6.07) is 9.57. The summed E-state index contributed by atoms with van der Waals surface area (Å²) in [5, 5.41) is 6.31. The number of imide groups is 1. The van der Waals surface area contributed by atoms with Crippen LogP contribution in [0.1, 0.15) is 18.4 Å². The Morgan fingerprint density at radius 2 is 1.85 bits per heavy atom. The van der Waals surface area contributed by atoms with Crippen LogP contribution < -0.4 is 25.0 Å². The molecule has 2 aromatic heterocycles. The molecule has 4 aromatic rings. The van der Waals surface area contributed by atoms with E-state index >= 15 is 0 Å². The summed E-state index contributed by atoms with van der Waals surface area (Å²) in [7, 11) is 1.59. The number of amides is 3. The van der Waals surface area contributed by atoms with Crippen LogP contribution in [0.15, 0.2) is 55.1 Å². The van der Waals surface area contributed by atoms with E-state index in [0.717, 1.165) is 55.8 Å². The molecule has 0 unspecified atom stereocenters. The van der Waals surface area contributed by atoms with Gasteiger partial charge in [-0.05, 0) is 42.3 Å². The third-order valence-electron chi connectivity index (χ3n) is 8.07. The first-order chi connectivity index (χ1) is 22.4. The Kier molecular flexibility index (Phi) is 9.71. The molecule has 2 aliphatic heterocycles. The van der Waals surface area contributed by atoms with E-state index in [1.165, 1.54) is 18.5 Å². The van der Waals surface area contributed by atoms with Crippen LogP contribution >= 0.6 is 11.6 Å². The molecule has 46 heavy (non-hydrogen) atoms. The number of benzene rings is 2. The third kappa shape index (κ3) is 7.27. The van der Waals surface area contributed by atoms with E-state index in [-0.39, 0.29) is 17.4 Å². The predicted molar refractivity (Wildman–Crippen MR) is 172 cm³/mol.